The first-order valence-corrected chi connectivity index (χ1v) is 43.1. The number of ether oxygens (including phenoxy) is 4. The molecule has 19 heteroatoms. The zero-order valence-corrected chi connectivity index (χ0v) is 66.0. The van der Waals surface area contributed by atoms with Crippen LogP contribution in [-0.2, 0) is 65.4 Å². The zero-order chi connectivity index (χ0) is 74.6. The van der Waals surface area contributed by atoms with Gasteiger partial charge < -0.3 is 33.8 Å². The molecule has 0 aliphatic carbocycles. The van der Waals surface area contributed by atoms with Gasteiger partial charge in [-0.3, -0.25) is 37.3 Å². The molecule has 0 amide bonds. The van der Waals surface area contributed by atoms with Crippen molar-refractivity contribution in [3.8, 4) is 0 Å². The van der Waals surface area contributed by atoms with Crippen LogP contribution in [-0.4, -0.2) is 96.7 Å². The van der Waals surface area contributed by atoms with E-state index in [9.17, 15) is 43.2 Å². The minimum absolute atomic E-state index is 0.0822. The third kappa shape index (κ3) is 74.0. The zero-order valence-electron chi connectivity index (χ0n) is 64.3. The molecule has 0 saturated heterocycles. The lowest BCUT2D eigenvalue weighted by atomic mass is 10.0. The summed E-state index contributed by atoms with van der Waals surface area (Å²) >= 11 is 0. The second-order valence-electron chi connectivity index (χ2n) is 26.6. The van der Waals surface area contributed by atoms with Crippen molar-refractivity contribution in [2.75, 3.05) is 39.6 Å². The maximum Gasteiger partial charge on any atom is 0.472 e. The molecule has 0 radical (unpaired) electrons. The molecule has 588 valence electrons. The smallest absolute Gasteiger partial charge is 0.462 e. The van der Waals surface area contributed by atoms with E-state index in [4.69, 9.17) is 37.0 Å². The Labute approximate surface area is 619 Å². The first-order chi connectivity index (χ1) is 49.7. The minimum Gasteiger partial charge on any atom is -0.462 e. The molecule has 17 nitrogen and oxygen atoms in total. The molecule has 0 aliphatic heterocycles. The molecule has 5 unspecified atom stereocenters. The fraction of sp³-hybridized carbons (Fsp3) is 0.735. The lowest BCUT2D eigenvalue weighted by molar-refractivity contribution is -0.161. The van der Waals surface area contributed by atoms with Crippen molar-refractivity contribution in [3.05, 3.63) is 109 Å². The minimum atomic E-state index is -4.98. The van der Waals surface area contributed by atoms with Crippen LogP contribution in [0.5, 0.6) is 0 Å². The van der Waals surface area contributed by atoms with Crippen molar-refractivity contribution in [1.29, 1.82) is 0 Å². The molecule has 0 rings (SSSR count). The molecule has 0 fully saturated rings. The van der Waals surface area contributed by atoms with Gasteiger partial charge in [0.05, 0.1) is 26.4 Å². The van der Waals surface area contributed by atoms with E-state index in [0.29, 0.717) is 25.7 Å². The molecule has 0 bridgehead atoms. The van der Waals surface area contributed by atoms with Gasteiger partial charge in [0.25, 0.3) is 0 Å². The first-order valence-electron chi connectivity index (χ1n) is 40.1. The highest BCUT2D eigenvalue weighted by atomic mass is 31.2. The average Bonchev–Trinajstić information content (AvgIpc) is 0.909. The Hall–Kier alpha value is -4.28. The Bertz CT molecular complexity index is 2360. The van der Waals surface area contributed by atoms with Crippen molar-refractivity contribution in [2.45, 2.75) is 354 Å². The van der Waals surface area contributed by atoms with Gasteiger partial charge in [0.15, 0.2) is 12.2 Å². The molecule has 0 aromatic rings. The normalized spacial score (nSPS) is 14.5. The maximum absolute atomic E-state index is 13.1. The molecule has 0 aliphatic rings. The molecule has 102 heavy (non-hydrogen) atoms. The fourth-order valence-electron chi connectivity index (χ4n) is 10.7. The number of hydrogen-bond acceptors (Lipinski definition) is 15. The molecular weight excluding hydrogens is 1330 g/mol. The van der Waals surface area contributed by atoms with E-state index in [0.717, 1.165) is 180 Å². The summed E-state index contributed by atoms with van der Waals surface area (Å²) in [5.41, 5.74) is 0. The van der Waals surface area contributed by atoms with Crippen LogP contribution in [0.25, 0.3) is 0 Å². The highest BCUT2D eigenvalue weighted by Crippen LogP contribution is 2.45. The number of aliphatic hydroxyl groups is 1. The second-order valence-corrected chi connectivity index (χ2v) is 29.5. The summed E-state index contributed by atoms with van der Waals surface area (Å²) in [6.07, 6.45) is 80.6. The van der Waals surface area contributed by atoms with E-state index in [1.165, 1.54) is 77.0 Å². The first kappa shape index (κ1) is 97.7. The molecule has 0 heterocycles. The number of hydrogen-bond donors (Lipinski definition) is 3. The van der Waals surface area contributed by atoms with Gasteiger partial charge in [0, 0.05) is 25.7 Å². The summed E-state index contributed by atoms with van der Waals surface area (Å²) in [5, 5.41) is 10.6. The molecule has 0 aromatic heterocycles. The Kier molecular flexibility index (Phi) is 71.8. The van der Waals surface area contributed by atoms with Crippen LogP contribution in [0.2, 0.25) is 0 Å². The van der Waals surface area contributed by atoms with Gasteiger partial charge in [-0.1, -0.05) is 291 Å². The number of carbonyl (C=O) groups is 4. The van der Waals surface area contributed by atoms with Crippen molar-refractivity contribution in [2.24, 2.45) is 0 Å². The standard InChI is InChI=1S/C83H144O17P2/c1-5-9-13-17-21-25-29-33-35-37-38-40-42-46-48-52-56-60-64-68-81(86)94-74-79(100-83(88)70-66-62-58-54-50-44-32-28-24-20-16-12-8-4)76-98-102(91,92)96-72-77(84)71-95-101(89,90)97-75-78(99-82(87)69-65-61-57-53-49-43-31-27-23-19-15-11-7-3)73-93-80(85)67-63-59-55-51-47-45-41-39-36-34-30-26-22-18-14-10-6-2/h9-10,13-14,21-22,25-27,31,33-36,38,40,46,48,77-79,84H,5-8,11-12,15-20,23-24,28-30,32,37,39,41-45,47,49-76H2,1-4H3,(H,89,90)(H,91,92)/b13-9-,14-10-,25-21-,26-22-,31-27-,35-33-,36-34-,40-38-,48-46-. The summed E-state index contributed by atoms with van der Waals surface area (Å²) in [7, 11) is -9.96. The molecule has 0 saturated carbocycles. The summed E-state index contributed by atoms with van der Waals surface area (Å²) in [6, 6.07) is 0. The topological polar surface area (TPSA) is 237 Å². The Morgan fingerprint density at radius 3 is 0.814 bits per heavy atom. The third-order valence-corrected chi connectivity index (χ3v) is 18.6. The van der Waals surface area contributed by atoms with Crippen molar-refractivity contribution in [1.82, 2.24) is 0 Å². The summed E-state index contributed by atoms with van der Waals surface area (Å²) in [5.74, 6) is -2.21. The van der Waals surface area contributed by atoms with Gasteiger partial charge >= 0.3 is 39.5 Å². The van der Waals surface area contributed by atoms with Crippen LogP contribution in [0, 0.1) is 0 Å². The van der Waals surface area contributed by atoms with Gasteiger partial charge in [-0.25, -0.2) is 9.13 Å². The lowest BCUT2D eigenvalue weighted by Crippen LogP contribution is -2.30. The maximum atomic E-state index is 13.1. The lowest BCUT2D eigenvalue weighted by Gasteiger charge is -2.21. The van der Waals surface area contributed by atoms with E-state index in [2.05, 4.69) is 137 Å². The predicted octanol–water partition coefficient (Wildman–Crippen LogP) is 23.3. The summed E-state index contributed by atoms with van der Waals surface area (Å²) in [6.45, 7) is 4.61. The van der Waals surface area contributed by atoms with Crippen LogP contribution in [0.1, 0.15) is 336 Å². The average molecular weight is 1480 g/mol. The molecular formula is C83H144O17P2. The number of esters is 4. The quantitative estimate of drug-likeness (QED) is 0.0169. The van der Waals surface area contributed by atoms with Gasteiger partial charge in [0.2, 0.25) is 0 Å². The highest BCUT2D eigenvalue weighted by molar-refractivity contribution is 7.47. The number of rotatable bonds is 75. The second kappa shape index (κ2) is 75.0. The monoisotopic (exact) mass is 1470 g/mol. The third-order valence-electron chi connectivity index (χ3n) is 16.7. The number of aliphatic hydroxyl groups excluding tert-OH is 1. The SMILES string of the molecule is CC/C=C\C/C=C\C/C=C\C/C=C\C/C=C\CCCCCC(=O)OCC(COP(=O)(O)OCC(O)COP(=O)(O)OCC(COC(=O)CCCCCCCCC/C=C\C/C=C\C/C=C\CC)OC(=O)CCCCCCC/C=C\CCCCCC)OC(=O)CCCCCCCCCCCCCCC. The predicted molar refractivity (Wildman–Crippen MR) is 418 cm³/mol. The number of carbonyl (C=O) groups excluding carboxylic acids is 4. The van der Waals surface area contributed by atoms with E-state index >= 15 is 0 Å². The van der Waals surface area contributed by atoms with Crippen LogP contribution in [0.4, 0.5) is 0 Å². The number of unbranched alkanes of at least 4 members (excludes halogenated alkanes) is 31. The van der Waals surface area contributed by atoms with Crippen molar-refractivity contribution < 1.29 is 80.2 Å². The fourth-order valence-corrected chi connectivity index (χ4v) is 12.2. The van der Waals surface area contributed by atoms with Crippen molar-refractivity contribution >= 4 is 39.5 Å². The van der Waals surface area contributed by atoms with Gasteiger partial charge in [0.1, 0.15) is 19.3 Å². The number of phosphoric ester groups is 2. The van der Waals surface area contributed by atoms with Crippen LogP contribution >= 0.6 is 15.6 Å². The number of phosphoric acid groups is 2. The molecule has 0 spiro atoms. The Morgan fingerprint density at radius 1 is 0.284 bits per heavy atom. The Balaban J connectivity index is 5.35. The van der Waals surface area contributed by atoms with E-state index in [-0.39, 0.29) is 25.7 Å². The summed E-state index contributed by atoms with van der Waals surface area (Å²) < 4.78 is 68.6. The summed E-state index contributed by atoms with van der Waals surface area (Å²) in [4.78, 5) is 73.0. The van der Waals surface area contributed by atoms with Gasteiger partial charge in [-0.05, 0) is 128 Å². The van der Waals surface area contributed by atoms with Crippen LogP contribution < -0.4 is 0 Å². The van der Waals surface area contributed by atoms with E-state index < -0.39 is 97.5 Å². The van der Waals surface area contributed by atoms with E-state index in [1.54, 1.807) is 0 Å². The van der Waals surface area contributed by atoms with Gasteiger partial charge in [-0.2, -0.15) is 0 Å². The Morgan fingerprint density at radius 2 is 0.510 bits per heavy atom. The highest BCUT2D eigenvalue weighted by Gasteiger charge is 2.30. The number of allylic oxidation sites excluding steroid dienone is 18. The largest absolute Gasteiger partial charge is 0.472 e. The van der Waals surface area contributed by atoms with Gasteiger partial charge in [-0.15, -0.1) is 0 Å². The molecule has 0 aromatic carbocycles. The van der Waals surface area contributed by atoms with Crippen LogP contribution in [0.15, 0.2) is 109 Å². The van der Waals surface area contributed by atoms with Crippen molar-refractivity contribution in [3.63, 3.8) is 0 Å². The van der Waals surface area contributed by atoms with Crippen LogP contribution in [0.3, 0.4) is 0 Å². The molecule has 3 N–H and O–H groups in total. The molecule has 5 atom stereocenters. The van der Waals surface area contributed by atoms with E-state index in [1.807, 2.05) is 0 Å².